The molecule has 2 fully saturated rings. The molecule has 0 saturated carbocycles. The van der Waals surface area contributed by atoms with E-state index >= 15 is 0 Å². The monoisotopic (exact) mass is 306 g/mol. The van der Waals surface area contributed by atoms with Gasteiger partial charge in [-0.05, 0) is 12.8 Å². The van der Waals surface area contributed by atoms with Gasteiger partial charge < -0.3 is 9.42 Å². The first-order chi connectivity index (χ1) is 10.5. The highest BCUT2D eigenvalue weighted by atomic mass is 16.5. The fraction of sp³-hybridized carbons (Fsp3) is 0.750. The van der Waals surface area contributed by atoms with Crippen molar-refractivity contribution >= 4 is 5.91 Å². The van der Waals surface area contributed by atoms with Crippen LogP contribution in [-0.2, 0) is 11.3 Å². The molecule has 3 heterocycles. The second-order valence-electron chi connectivity index (χ2n) is 6.71. The number of aryl methyl sites for hydroxylation is 1. The quantitative estimate of drug-likeness (QED) is 0.833. The van der Waals surface area contributed by atoms with Crippen LogP contribution in [0.2, 0.25) is 0 Å². The van der Waals surface area contributed by atoms with E-state index in [1.165, 1.54) is 0 Å². The molecule has 0 N–H and O–H groups in total. The largest absolute Gasteiger partial charge is 0.361 e. The van der Waals surface area contributed by atoms with Crippen LogP contribution in [0.15, 0.2) is 10.6 Å². The Kier molecular flexibility index (Phi) is 4.49. The second kappa shape index (κ2) is 6.38. The van der Waals surface area contributed by atoms with Crippen molar-refractivity contribution in [2.75, 3.05) is 39.3 Å². The molecule has 0 radical (unpaired) electrons. The van der Waals surface area contributed by atoms with Gasteiger partial charge in [-0.3, -0.25) is 14.6 Å². The van der Waals surface area contributed by atoms with Crippen molar-refractivity contribution in [1.82, 2.24) is 19.9 Å². The van der Waals surface area contributed by atoms with E-state index in [0.717, 1.165) is 57.3 Å². The first-order valence-corrected chi connectivity index (χ1v) is 8.17. The highest BCUT2D eigenvalue weighted by Crippen LogP contribution is 2.24. The van der Waals surface area contributed by atoms with E-state index in [0.29, 0.717) is 12.0 Å². The normalized spacial score (nSPS) is 27.5. The van der Waals surface area contributed by atoms with Crippen molar-refractivity contribution in [3.8, 4) is 0 Å². The van der Waals surface area contributed by atoms with Gasteiger partial charge in [-0.2, -0.15) is 0 Å². The van der Waals surface area contributed by atoms with Gasteiger partial charge >= 0.3 is 0 Å². The fourth-order valence-electron chi connectivity index (χ4n) is 3.74. The van der Waals surface area contributed by atoms with Crippen LogP contribution in [0.5, 0.6) is 0 Å². The number of aromatic nitrogens is 1. The summed E-state index contributed by atoms with van der Waals surface area (Å²) in [5, 5.41) is 4.10. The van der Waals surface area contributed by atoms with E-state index in [1.54, 1.807) is 6.92 Å². The van der Waals surface area contributed by atoms with Gasteiger partial charge in [0, 0.05) is 64.8 Å². The van der Waals surface area contributed by atoms with Gasteiger partial charge in [0.05, 0.1) is 5.69 Å². The molecule has 22 heavy (non-hydrogen) atoms. The Morgan fingerprint density at radius 3 is 2.64 bits per heavy atom. The Hall–Kier alpha value is -1.40. The van der Waals surface area contributed by atoms with Gasteiger partial charge in [0.25, 0.3) is 0 Å². The molecule has 0 spiro atoms. The summed E-state index contributed by atoms with van der Waals surface area (Å²) < 4.78 is 5.15. The Morgan fingerprint density at radius 1 is 1.32 bits per heavy atom. The molecular formula is C16H26N4O2. The number of amides is 1. The summed E-state index contributed by atoms with van der Waals surface area (Å²) >= 11 is 0. The van der Waals surface area contributed by atoms with Crippen molar-refractivity contribution in [1.29, 1.82) is 0 Å². The predicted molar refractivity (Wildman–Crippen MR) is 83.3 cm³/mol. The molecule has 122 valence electrons. The van der Waals surface area contributed by atoms with Gasteiger partial charge in [-0.15, -0.1) is 0 Å². The minimum Gasteiger partial charge on any atom is -0.361 e. The first kappa shape index (κ1) is 15.5. The molecule has 1 aromatic rings. The van der Waals surface area contributed by atoms with E-state index in [-0.39, 0.29) is 5.91 Å². The van der Waals surface area contributed by atoms with Crippen molar-refractivity contribution in [3.63, 3.8) is 0 Å². The van der Waals surface area contributed by atoms with Crippen LogP contribution in [0.3, 0.4) is 0 Å². The van der Waals surface area contributed by atoms with Gasteiger partial charge in [0.15, 0.2) is 0 Å². The minimum atomic E-state index is 0.196. The Morgan fingerprint density at radius 2 is 2.05 bits per heavy atom. The summed E-state index contributed by atoms with van der Waals surface area (Å²) in [4.78, 5) is 18.4. The molecule has 1 amide bonds. The third kappa shape index (κ3) is 3.33. The molecule has 0 bridgehead atoms. The number of nitrogens with zero attached hydrogens (tertiary/aromatic N) is 4. The molecule has 2 aliphatic heterocycles. The van der Waals surface area contributed by atoms with Crippen LogP contribution in [0, 0.1) is 12.8 Å². The zero-order valence-corrected chi connectivity index (χ0v) is 13.8. The summed E-state index contributed by atoms with van der Waals surface area (Å²) in [5.74, 6) is 1.72. The fourth-order valence-corrected chi connectivity index (χ4v) is 3.74. The standard InChI is InChI=1S/C16H26N4O2/c1-12-9-18(10-15-8-13(2)22-17-15)11-16(12)20-6-4-19(5-7-20)14(3)21/h8,12,16H,4-7,9-11H2,1-3H3/t12-,16-/m1/s1. The van der Waals surface area contributed by atoms with Gasteiger partial charge in [0.2, 0.25) is 5.91 Å². The maximum Gasteiger partial charge on any atom is 0.219 e. The van der Waals surface area contributed by atoms with Gasteiger partial charge in [-0.1, -0.05) is 12.1 Å². The Bertz CT molecular complexity index is 522. The van der Waals surface area contributed by atoms with E-state index in [9.17, 15) is 4.79 Å². The van der Waals surface area contributed by atoms with Gasteiger partial charge in [-0.25, -0.2) is 0 Å². The molecule has 0 aromatic carbocycles. The maximum absolute atomic E-state index is 11.4. The summed E-state index contributed by atoms with van der Waals surface area (Å²) in [6.45, 7) is 12.7. The van der Waals surface area contributed by atoms with E-state index in [1.807, 2.05) is 17.9 Å². The SMILES string of the molecule is CC(=O)N1CCN([C@@H]2CN(Cc3cc(C)on3)C[C@H]2C)CC1. The number of hydrogen-bond acceptors (Lipinski definition) is 5. The maximum atomic E-state index is 11.4. The lowest BCUT2D eigenvalue weighted by molar-refractivity contribution is -0.130. The van der Waals surface area contributed by atoms with Gasteiger partial charge in [0.1, 0.15) is 5.76 Å². The van der Waals surface area contributed by atoms with Crippen molar-refractivity contribution < 1.29 is 9.32 Å². The predicted octanol–water partition coefficient (Wildman–Crippen LogP) is 0.967. The Balaban J connectivity index is 1.54. The topological polar surface area (TPSA) is 52.8 Å². The molecule has 2 aliphatic rings. The van der Waals surface area contributed by atoms with Crippen molar-refractivity contribution in [2.45, 2.75) is 33.4 Å². The van der Waals surface area contributed by atoms with Crippen LogP contribution in [-0.4, -0.2) is 71.1 Å². The zero-order chi connectivity index (χ0) is 15.7. The number of likely N-dealkylation sites (tertiary alicyclic amines) is 1. The molecule has 2 saturated heterocycles. The summed E-state index contributed by atoms with van der Waals surface area (Å²) in [6, 6.07) is 2.60. The second-order valence-corrected chi connectivity index (χ2v) is 6.71. The summed E-state index contributed by atoms with van der Waals surface area (Å²) in [6.07, 6.45) is 0. The lowest BCUT2D eigenvalue weighted by Crippen LogP contribution is -2.53. The lowest BCUT2D eigenvalue weighted by Gasteiger charge is -2.39. The molecule has 0 aliphatic carbocycles. The number of rotatable bonds is 3. The lowest BCUT2D eigenvalue weighted by atomic mass is 10.0. The number of carbonyl (C=O) groups excluding carboxylic acids is 1. The number of carbonyl (C=O) groups is 1. The number of piperazine rings is 1. The highest BCUT2D eigenvalue weighted by molar-refractivity contribution is 5.73. The van der Waals surface area contributed by atoms with Crippen LogP contribution in [0.4, 0.5) is 0 Å². The molecule has 2 atom stereocenters. The molecule has 6 nitrogen and oxygen atoms in total. The average Bonchev–Trinajstić information content (AvgIpc) is 3.05. The molecular weight excluding hydrogens is 280 g/mol. The average molecular weight is 306 g/mol. The van der Waals surface area contributed by atoms with Crippen LogP contribution in [0.25, 0.3) is 0 Å². The van der Waals surface area contributed by atoms with E-state index in [4.69, 9.17) is 4.52 Å². The van der Waals surface area contributed by atoms with E-state index in [2.05, 4.69) is 21.9 Å². The van der Waals surface area contributed by atoms with Crippen LogP contribution >= 0.6 is 0 Å². The molecule has 6 heteroatoms. The smallest absolute Gasteiger partial charge is 0.219 e. The van der Waals surface area contributed by atoms with Crippen molar-refractivity contribution in [2.24, 2.45) is 5.92 Å². The number of hydrogen-bond donors (Lipinski definition) is 0. The molecule has 3 rings (SSSR count). The van der Waals surface area contributed by atoms with Crippen molar-refractivity contribution in [3.05, 3.63) is 17.5 Å². The van der Waals surface area contributed by atoms with E-state index < -0.39 is 0 Å². The molecule has 1 aromatic heterocycles. The summed E-state index contributed by atoms with van der Waals surface area (Å²) in [5.41, 5.74) is 1.02. The molecule has 0 unspecified atom stereocenters. The third-order valence-corrected chi connectivity index (χ3v) is 4.94. The summed E-state index contributed by atoms with van der Waals surface area (Å²) in [7, 11) is 0. The zero-order valence-electron chi connectivity index (χ0n) is 13.8. The van der Waals surface area contributed by atoms with Crippen LogP contribution in [0.1, 0.15) is 25.3 Å². The minimum absolute atomic E-state index is 0.196. The first-order valence-electron chi connectivity index (χ1n) is 8.17. The third-order valence-electron chi connectivity index (χ3n) is 4.94. The highest BCUT2D eigenvalue weighted by Gasteiger charge is 2.35. The van der Waals surface area contributed by atoms with Crippen LogP contribution < -0.4 is 0 Å². The Labute approximate surface area is 132 Å².